The van der Waals surface area contributed by atoms with Crippen LogP contribution in [0.4, 0.5) is 0 Å². The fourth-order valence-electron chi connectivity index (χ4n) is 1.13. The van der Waals surface area contributed by atoms with Crippen LogP contribution in [0.1, 0.15) is 30.7 Å². The van der Waals surface area contributed by atoms with Crippen LogP contribution < -0.4 is 0 Å². The number of fused-ring (bicyclic) bond motifs is 1. The van der Waals surface area contributed by atoms with Gasteiger partial charge in [0.05, 0.1) is 0 Å². The Bertz CT molecular complexity index is 233. The molecular weight excluding hydrogens is 152 g/mol. The Balaban J connectivity index is 0.000000281. The topological polar surface area (TPSA) is 0 Å². The fourth-order valence-corrected chi connectivity index (χ4v) is 2.00. The molecule has 1 aromatic heterocycles. The zero-order valence-electron chi connectivity index (χ0n) is 7.13. The standard InChI is InChI=1S/C8H8S.C2H6/c1-2-4-8-7(3-1)5-6-9-8;1-2/h2,4-6H,1,3H2;1-2H3. The van der Waals surface area contributed by atoms with Crippen LogP contribution in [0.2, 0.25) is 0 Å². The quantitative estimate of drug-likeness (QED) is 0.551. The Morgan fingerprint density at radius 1 is 1.36 bits per heavy atom. The molecule has 0 saturated carbocycles. The minimum Gasteiger partial charge on any atom is -0.144 e. The molecule has 1 aliphatic carbocycles. The van der Waals surface area contributed by atoms with E-state index < -0.39 is 0 Å². The van der Waals surface area contributed by atoms with Gasteiger partial charge in [0.25, 0.3) is 0 Å². The van der Waals surface area contributed by atoms with Crippen LogP contribution in [0.3, 0.4) is 0 Å². The van der Waals surface area contributed by atoms with E-state index in [0.29, 0.717) is 0 Å². The molecule has 60 valence electrons. The summed E-state index contributed by atoms with van der Waals surface area (Å²) in [5, 5.41) is 2.17. The summed E-state index contributed by atoms with van der Waals surface area (Å²) in [6.45, 7) is 4.00. The molecule has 0 spiro atoms. The minimum absolute atomic E-state index is 1.23. The molecule has 0 bridgehead atoms. The molecule has 0 atom stereocenters. The van der Waals surface area contributed by atoms with E-state index in [9.17, 15) is 0 Å². The molecule has 0 aromatic carbocycles. The lowest BCUT2D eigenvalue weighted by Gasteiger charge is -2.01. The monoisotopic (exact) mass is 166 g/mol. The van der Waals surface area contributed by atoms with Crippen molar-refractivity contribution in [2.24, 2.45) is 0 Å². The van der Waals surface area contributed by atoms with Gasteiger partial charge in [0, 0.05) is 4.88 Å². The molecule has 0 nitrogen and oxygen atoms in total. The Morgan fingerprint density at radius 3 is 2.91 bits per heavy atom. The Hall–Kier alpha value is -0.560. The van der Waals surface area contributed by atoms with Gasteiger partial charge < -0.3 is 0 Å². The second-order valence-corrected chi connectivity index (χ2v) is 3.20. The van der Waals surface area contributed by atoms with Gasteiger partial charge in [0.1, 0.15) is 0 Å². The van der Waals surface area contributed by atoms with Gasteiger partial charge in [-0.05, 0) is 35.9 Å². The molecule has 1 heterocycles. The molecule has 1 aromatic rings. The van der Waals surface area contributed by atoms with Crippen LogP contribution in [-0.2, 0) is 6.42 Å². The predicted octanol–water partition coefficient (Wildman–Crippen LogP) is 3.73. The lowest BCUT2D eigenvalue weighted by atomic mass is 10.1. The van der Waals surface area contributed by atoms with Gasteiger partial charge in [-0.3, -0.25) is 0 Å². The van der Waals surface area contributed by atoms with Gasteiger partial charge in [0.2, 0.25) is 0 Å². The van der Waals surface area contributed by atoms with Crippen molar-refractivity contribution in [2.45, 2.75) is 26.7 Å². The molecule has 1 aliphatic rings. The van der Waals surface area contributed by atoms with E-state index in [2.05, 4.69) is 23.6 Å². The van der Waals surface area contributed by atoms with E-state index >= 15 is 0 Å². The maximum atomic E-state index is 2.25. The summed E-state index contributed by atoms with van der Waals surface area (Å²) < 4.78 is 0. The third kappa shape index (κ3) is 1.93. The zero-order valence-corrected chi connectivity index (χ0v) is 7.95. The van der Waals surface area contributed by atoms with Crippen molar-refractivity contribution in [3.63, 3.8) is 0 Å². The number of rotatable bonds is 0. The molecule has 11 heavy (non-hydrogen) atoms. The summed E-state index contributed by atoms with van der Waals surface area (Å²) in [5.41, 5.74) is 1.53. The zero-order chi connectivity index (χ0) is 8.10. The van der Waals surface area contributed by atoms with E-state index in [0.717, 1.165) is 0 Å². The normalized spacial score (nSPS) is 13.3. The summed E-state index contributed by atoms with van der Waals surface area (Å²) in [6.07, 6.45) is 6.95. The van der Waals surface area contributed by atoms with Crippen molar-refractivity contribution in [3.05, 3.63) is 28.0 Å². The van der Waals surface area contributed by atoms with Gasteiger partial charge in [-0.2, -0.15) is 0 Å². The Labute approximate surface area is 72.6 Å². The van der Waals surface area contributed by atoms with E-state index in [1.165, 1.54) is 23.3 Å². The van der Waals surface area contributed by atoms with Gasteiger partial charge in [-0.15, -0.1) is 11.3 Å². The van der Waals surface area contributed by atoms with Crippen LogP contribution in [0, 0.1) is 0 Å². The summed E-state index contributed by atoms with van der Waals surface area (Å²) in [4.78, 5) is 1.46. The highest BCUT2D eigenvalue weighted by molar-refractivity contribution is 7.11. The lowest BCUT2D eigenvalue weighted by molar-refractivity contribution is 0.996. The van der Waals surface area contributed by atoms with E-state index in [-0.39, 0.29) is 0 Å². The highest BCUT2D eigenvalue weighted by Gasteiger charge is 2.02. The van der Waals surface area contributed by atoms with Crippen LogP contribution in [-0.4, -0.2) is 0 Å². The maximum absolute atomic E-state index is 2.25. The third-order valence-electron chi connectivity index (χ3n) is 1.63. The first-order valence-electron chi connectivity index (χ1n) is 4.20. The maximum Gasteiger partial charge on any atom is 0.0299 e. The van der Waals surface area contributed by atoms with Crippen LogP contribution in [0.25, 0.3) is 6.08 Å². The molecule has 0 radical (unpaired) electrons. The third-order valence-corrected chi connectivity index (χ3v) is 2.55. The first-order chi connectivity index (χ1) is 5.47. The SMILES string of the molecule is C1=Cc2sccc2CC1.CC. The molecule has 1 heteroatoms. The van der Waals surface area contributed by atoms with Gasteiger partial charge in [0.15, 0.2) is 0 Å². The molecule has 0 N–H and O–H groups in total. The minimum atomic E-state index is 1.23. The van der Waals surface area contributed by atoms with Crippen molar-refractivity contribution >= 4 is 17.4 Å². The molecule has 2 rings (SSSR count). The summed E-state index contributed by atoms with van der Waals surface area (Å²) in [7, 11) is 0. The predicted molar refractivity (Wildman–Crippen MR) is 53.0 cm³/mol. The van der Waals surface area contributed by atoms with Gasteiger partial charge in [-0.1, -0.05) is 19.9 Å². The first-order valence-corrected chi connectivity index (χ1v) is 5.08. The number of allylic oxidation sites excluding steroid dienone is 1. The van der Waals surface area contributed by atoms with E-state index in [4.69, 9.17) is 0 Å². The highest BCUT2D eigenvalue weighted by atomic mass is 32.1. The largest absolute Gasteiger partial charge is 0.144 e. The summed E-state index contributed by atoms with van der Waals surface area (Å²) in [6, 6.07) is 2.23. The Morgan fingerprint density at radius 2 is 2.18 bits per heavy atom. The first kappa shape index (κ1) is 8.54. The van der Waals surface area contributed by atoms with Gasteiger partial charge in [-0.25, -0.2) is 0 Å². The molecule has 0 aliphatic heterocycles. The van der Waals surface area contributed by atoms with Crippen molar-refractivity contribution in [1.82, 2.24) is 0 Å². The Kier molecular flexibility index (Phi) is 3.37. The summed E-state index contributed by atoms with van der Waals surface area (Å²) in [5.74, 6) is 0. The van der Waals surface area contributed by atoms with E-state index in [1.807, 2.05) is 25.2 Å². The number of aryl methyl sites for hydroxylation is 1. The molecule has 0 saturated heterocycles. The smallest absolute Gasteiger partial charge is 0.0299 e. The van der Waals surface area contributed by atoms with E-state index in [1.54, 1.807) is 0 Å². The molecule has 0 amide bonds. The fraction of sp³-hybridized carbons (Fsp3) is 0.400. The number of hydrogen-bond donors (Lipinski definition) is 0. The van der Waals surface area contributed by atoms with Gasteiger partial charge >= 0.3 is 0 Å². The number of thiophene rings is 1. The average molecular weight is 166 g/mol. The van der Waals surface area contributed by atoms with Crippen molar-refractivity contribution in [2.75, 3.05) is 0 Å². The molecule has 0 unspecified atom stereocenters. The molecule has 0 fully saturated rings. The van der Waals surface area contributed by atoms with Crippen molar-refractivity contribution < 1.29 is 0 Å². The second kappa shape index (κ2) is 4.35. The number of hydrogen-bond acceptors (Lipinski definition) is 1. The van der Waals surface area contributed by atoms with Crippen LogP contribution in [0.15, 0.2) is 17.5 Å². The van der Waals surface area contributed by atoms with Crippen molar-refractivity contribution in [3.8, 4) is 0 Å². The summed E-state index contributed by atoms with van der Waals surface area (Å²) >= 11 is 1.84. The second-order valence-electron chi connectivity index (χ2n) is 2.25. The van der Waals surface area contributed by atoms with Crippen LogP contribution in [0.5, 0.6) is 0 Å². The highest BCUT2D eigenvalue weighted by Crippen LogP contribution is 2.23. The lowest BCUT2D eigenvalue weighted by Crippen LogP contribution is -1.86. The van der Waals surface area contributed by atoms with Crippen LogP contribution >= 0.6 is 11.3 Å². The molecular formula is C10H14S. The van der Waals surface area contributed by atoms with Crippen molar-refractivity contribution in [1.29, 1.82) is 0 Å². The average Bonchev–Trinajstić information content (AvgIpc) is 2.55.